The molecule has 1 saturated heterocycles. The first-order chi connectivity index (χ1) is 20.9. The van der Waals surface area contributed by atoms with Crippen LogP contribution in [0.2, 0.25) is 5.02 Å². The molecule has 3 heterocycles. The highest BCUT2D eigenvalue weighted by Crippen LogP contribution is 2.59. The number of carbonyl (C=O) groups is 3. The van der Waals surface area contributed by atoms with Crippen LogP contribution in [0.5, 0.6) is 5.75 Å². The van der Waals surface area contributed by atoms with Gasteiger partial charge in [-0.25, -0.2) is 13.5 Å². The van der Waals surface area contributed by atoms with Gasteiger partial charge in [-0.15, -0.1) is 5.10 Å². The lowest BCUT2D eigenvalue weighted by molar-refractivity contribution is -0.163. The van der Waals surface area contributed by atoms with E-state index >= 15 is 0 Å². The quantitative estimate of drug-likeness (QED) is 0.454. The van der Waals surface area contributed by atoms with E-state index in [1.807, 2.05) is 4.90 Å². The van der Waals surface area contributed by atoms with E-state index in [4.69, 9.17) is 16.3 Å². The van der Waals surface area contributed by atoms with Crippen LogP contribution in [0.15, 0.2) is 12.1 Å². The number of nitrogens with zero attached hydrogens (tertiary/aromatic N) is 5. The van der Waals surface area contributed by atoms with Gasteiger partial charge in [0.2, 0.25) is 11.8 Å². The van der Waals surface area contributed by atoms with Gasteiger partial charge in [0.1, 0.15) is 23.7 Å². The predicted octanol–water partition coefficient (Wildman–Crippen LogP) is 4.56. The summed E-state index contributed by atoms with van der Waals surface area (Å²) in [5.41, 5.74) is -0.141. The first-order valence-electron chi connectivity index (χ1n) is 15.3. The molecule has 2 aliphatic heterocycles. The van der Waals surface area contributed by atoms with Crippen molar-refractivity contribution in [3.8, 4) is 5.75 Å². The molecule has 2 amide bonds. The average Bonchev–Trinajstić information content (AvgIpc) is 3.85. The Kier molecular flexibility index (Phi) is 6.95. The highest BCUT2D eigenvalue weighted by atomic mass is 35.5. The molecule has 13 heteroatoms. The van der Waals surface area contributed by atoms with E-state index < -0.39 is 29.8 Å². The van der Waals surface area contributed by atoms with E-state index in [0.29, 0.717) is 66.9 Å². The zero-order chi connectivity index (χ0) is 31.1. The lowest BCUT2D eigenvalue weighted by atomic mass is 9.66. The Morgan fingerprint density at radius 2 is 2.00 bits per heavy atom. The number of fused-ring (bicyclic) bond motifs is 2. The van der Waals surface area contributed by atoms with E-state index in [-0.39, 0.29) is 41.8 Å². The molecule has 3 aliphatic carbocycles. The van der Waals surface area contributed by atoms with Crippen molar-refractivity contribution in [3.63, 3.8) is 0 Å². The highest BCUT2D eigenvalue weighted by Gasteiger charge is 2.59. The fourth-order valence-corrected chi connectivity index (χ4v) is 8.32. The molecule has 0 radical (unpaired) electrons. The number of carboxylic acids is 1. The van der Waals surface area contributed by atoms with Crippen LogP contribution in [0, 0.1) is 28.6 Å². The van der Waals surface area contributed by atoms with E-state index in [1.54, 1.807) is 24.0 Å². The molecular formula is C31H36ClF2N5O5. The first kappa shape index (κ1) is 29.4. The number of rotatable bonds is 8. The van der Waals surface area contributed by atoms with Crippen molar-refractivity contribution in [1.29, 1.82) is 0 Å². The van der Waals surface area contributed by atoms with Crippen molar-refractivity contribution in [1.82, 2.24) is 24.8 Å². The summed E-state index contributed by atoms with van der Waals surface area (Å²) in [6.45, 7) is 2.54. The number of carboxylic acid groups (broad SMARTS) is 1. The summed E-state index contributed by atoms with van der Waals surface area (Å²) in [5, 5.41) is 18.4. The van der Waals surface area contributed by atoms with Gasteiger partial charge >= 0.3 is 5.97 Å². The standard InChI is InChI=1S/C31H36ClF2N5O5/c1-30(29(42)43)11-17-9-16(17)10-19(30)28(41)39-8-5-18-20(32)3-4-23(44-14-21-26(27(33)34)37(2)36-35-21)25(18)22(39)13-38-15-31(6-7-31)12-24(38)40/h3-4,16-17,19,22,27H,5-15H2,1-2H3,(H,42,43)/t16-,17+,19-,22+,30-/m0/s1. The molecule has 5 atom stereocenters. The number of aliphatic carboxylic acids is 1. The third-order valence-corrected chi connectivity index (χ3v) is 11.3. The molecule has 2 aromatic rings. The number of ether oxygens (including phenoxy) is 1. The average molecular weight is 632 g/mol. The van der Waals surface area contributed by atoms with Crippen molar-refractivity contribution in [2.45, 2.75) is 70.9 Å². The van der Waals surface area contributed by atoms with Gasteiger partial charge in [-0.1, -0.05) is 16.8 Å². The molecule has 10 nitrogen and oxygen atoms in total. The summed E-state index contributed by atoms with van der Waals surface area (Å²) in [4.78, 5) is 43.9. The van der Waals surface area contributed by atoms with Crippen molar-refractivity contribution in [2.24, 2.45) is 35.6 Å². The van der Waals surface area contributed by atoms with Gasteiger partial charge in [0.25, 0.3) is 6.43 Å². The Morgan fingerprint density at radius 1 is 1.23 bits per heavy atom. The summed E-state index contributed by atoms with van der Waals surface area (Å²) in [6, 6.07) is 2.69. The van der Waals surface area contributed by atoms with Crippen LogP contribution in [-0.2, 0) is 34.5 Å². The van der Waals surface area contributed by atoms with Gasteiger partial charge in [-0.05, 0) is 80.4 Å². The largest absolute Gasteiger partial charge is 0.487 e. The second kappa shape index (κ2) is 10.4. The van der Waals surface area contributed by atoms with Crippen molar-refractivity contribution in [3.05, 3.63) is 39.7 Å². The Morgan fingerprint density at radius 3 is 2.68 bits per heavy atom. The van der Waals surface area contributed by atoms with E-state index in [1.165, 1.54) is 7.05 Å². The minimum Gasteiger partial charge on any atom is -0.487 e. The number of amides is 2. The van der Waals surface area contributed by atoms with Crippen LogP contribution in [0.25, 0.3) is 0 Å². The molecule has 5 aliphatic rings. The molecule has 1 aromatic carbocycles. The maximum Gasteiger partial charge on any atom is 0.310 e. The van der Waals surface area contributed by atoms with Crippen LogP contribution < -0.4 is 4.74 Å². The second-order valence-electron chi connectivity index (χ2n) is 13.8. The lowest BCUT2D eigenvalue weighted by Gasteiger charge is -2.45. The monoisotopic (exact) mass is 631 g/mol. The van der Waals surface area contributed by atoms with Crippen LogP contribution in [0.1, 0.15) is 80.4 Å². The van der Waals surface area contributed by atoms with Gasteiger partial charge in [0, 0.05) is 43.7 Å². The molecule has 4 fully saturated rings. The van der Waals surface area contributed by atoms with Gasteiger partial charge < -0.3 is 19.6 Å². The van der Waals surface area contributed by atoms with E-state index in [0.717, 1.165) is 29.5 Å². The number of hydrogen-bond acceptors (Lipinski definition) is 6. The molecule has 3 saturated carbocycles. The molecule has 1 N–H and O–H groups in total. The maximum absolute atomic E-state index is 14.5. The van der Waals surface area contributed by atoms with Crippen molar-refractivity contribution < 1.29 is 33.0 Å². The lowest BCUT2D eigenvalue weighted by Crippen LogP contribution is -2.53. The molecule has 1 spiro atoms. The molecule has 1 aromatic heterocycles. The number of aryl methyl sites for hydroxylation is 1. The van der Waals surface area contributed by atoms with Crippen LogP contribution >= 0.6 is 11.6 Å². The Bertz CT molecular complexity index is 1550. The second-order valence-corrected chi connectivity index (χ2v) is 14.2. The Balaban J connectivity index is 1.26. The molecule has 236 valence electrons. The molecule has 0 bridgehead atoms. The molecule has 0 unspecified atom stereocenters. The first-order valence-corrected chi connectivity index (χ1v) is 15.7. The van der Waals surface area contributed by atoms with Gasteiger partial charge in [-0.3, -0.25) is 14.4 Å². The Hall–Kier alpha value is -3.28. The molecular weight excluding hydrogens is 596 g/mol. The van der Waals surface area contributed by atoms with Crippen LogP contribution in [0.3, 0.4) is 0 Å². The van der Waals surface area contributed by atoms with E-state index in [2.05, 4.69) is 10.3 Å². The minimum atomic E-state index is -2.80. The fourth-order valence-electron chi connectivity index (χ4n) is 8.06. The SMILES string of the molecule is Cn1nnc(COc2ccc(Cl)c3c2[C@@H](CN2CC4(CC4)CC2=O)N(C(=O)[C@@H]2C[C@@H]4C[C@@H]4C[C@]2(C)C(=O)O)CC3)c1C(F)F. The van der Waals surface area contributed by atoms with Crippen LogP contribution in [0.4, 0.5) is 8.78 Å². The van der Waals surface area contributed by atoms with Gasteiger partial charge in [0.15, 0.2) is 0 Å². The molecule has 44 heavy (non-hydrogen) atoms. The summed E-state index contributed by atoms with van der Waals surface area (Å²) < 4.78 is 34.7. The number of hydrogen-bond donors (Lipinski definition) is 1. The van der Waals surface area contributed by atoms with E-state index in [9.17, 15) is 28.3 Å². The number of halogens is 3. The number of benzene rings is 1. The van der Waals surface area contributed by atoms with Crippen molar-refractivity contribution >= 4 is 29.4 Å². The summed E-state index contributed by atoms with van der Waals surface area (Å²) >= 11 is 6.71. The van der Waals surface area contributed by atoms with Gasteiger partial charge in [0.05, 0.1) is 17.4 Å². The smallest absolute Gasteiger partial charge is 0.310 e. The van der Waals surface area contributed by atoms with Crippen LogP contribution in [-0.4, -0.2) is 67.3 Å². The summed E-state index contributed by atoms with van der Waals surface area (Å²) in [7, 11) is 1.39. The fraction of sp³-hybridized carbons (Fsp3) is 0.645. The topological polar surface area (TPSA) is 118 Å². The maximum atomic E-state index is 14.5. The normalized spacial score (nSPS) is 30.0. The third-order valence-electron chi connectivity index (χ3n) is 11.0. The van der Waals surface area contributed by atoms with Crippen molar-refractivity contribution in [2.75, 3.05) is 19.6 Å². The Labute approximate surface area is 258 Å². The predicted molar refractivity (Wildman–Crippen MR) is 153 cm³/mol. The zero-order valence-electron chi connectivity index (χ0n) is 24.8. The highest BCUT2D eigenvalue weighted by molar-refractivity contribution is 6.31. The number of likely N-dealkylation sites (tertiary alicyclic amines) is 1. The number of carbonyl (C=O) groups excluding carboxylic acids is 2. The zero-order valence-corrected chi connectivity index (χ0v) is 25.5. The summed E-state index contributed by atoms with van der Waals surface area (Å²) in [5.74, 6) is -0.818. The molecule has 7 rings (SSSR count). The van der Waals surface area contributed by atoms with Gasteiger partial charge in [-0.2, -0.15) is 0 Å². The minimum absolute atomic E-state index is 0.000961. The number of alkyl halides is 2. The third kappa shape index (κ3) is 4.84. The number of aromatic nitrogens is 3. The summed E-state index contributed by atoms with van der Waals surface area (Å²) in [6.07, 6.45) is 2.01.